The van der Waals surface area contributed by atoms with Crippen molar-refractivity contribution in [3.63, 3.8) is 0 Å². The molecule has 1 saturated heterocycles. The first-order chi connectivity index (χ1) is 12.9. The van der Waals surface area contributed by atoms with Crippen molar-refractivity contribution < 1.29 is 17.9 Å². The molecule has 5 rings (SSSR count). The van der Waals surface area contributed by atoms with Crippen LogP contribution in [0.3, 0.4) is 0 Å². The van der Waals surface area contributed by atoms with Crippen LogP contribution in [-0.2, 0) is 14.8 Å². The molecule has 1 spiro atoms. The van der Waals surface area contributed by atoms with E-state index >= 15 is 0 Å². The molecule has 2 unspecified atom stereocenters. The number of amides is 1. The topological polar surface area (TPSA) is 66.9 Å². The van der Waals surface area contributed by atoms with E-state index in [0.29, 0.717) is 12.2 Å². The van der Waals surface area contributed by atoms with E-state index in [1.165, 1.54) is 0 Å². The molecule has 2 aromatic rings. The molecule has 0 radical (unpaired) electrons. The van der Waals surface area contributed by atoms with E-state index in [0.717, 1.165) is 28.4 Å². The standard InChI is InChI=1S/C20H20N2O4S/c1-14-8-10-15(11-9-14)27(24,25)22-13-21-17-6-2-3-7-18(17)26-20(21)12-4-5-16(20)19(22)23/h2-3,6-11,16H,4-5,12-13H2,1H3. The van der Waals surface area contributed by atoms with E-state index in [9.17, 15) is 13.2 Å². The molecule has 7 heteroatoms. The first-order valence-electron chi connectivity index (χ1n) is 9.12. The zero-order valence-electron chi connectivity index (χ0n) is 15.0. The Morgan fingerprint density at radius 1 is 1.11 bits per heavy atom. The largest absolute Gasteiger partial charge is 0.465 e. The second-order valence-corrected chi connectivity index (χ2v) is 9.30. The zero-order chi connectivity index (χ0) is 18.8. The van der Waals surface area contributed by atoms with E-state index in [4.69, 9.17) is 4.74 Å². The molecule has 2 heterocycles. The number of fused-ring (bicyclic) bond motifs is 2. The Morgan fingerprint density at radius 3 is 2.63 bits per heavy atom. The van der Waals surface area contributed by atoms with Crippen LogP contribution in [0.4, 0.5) is 5.69 Å². The second kappa shape index (κ2) is 5.48. The fraction of sp³-hybridized carbons (Fsp3) is 0.350. The number of carbonyl (C=O) groups is 1. The lowest BCUT2D eigenvalue weighted by molar-refractivity contribution is -0.140. The number of carbonyl (C=O) groups excluding carboxylic acids is 1. The Bertz CT molecular complexity index is 1030. The van der Waals surface area contributed by atoms with Gasteiger partial charge in [-0.2, -0.15) is 0 Å². The summed E-state index contributed by atoms with van der Waals surface area (Å²) >= 11 is 0. The van der Waals surface area contributed by atoms with Crippen molar-refractivity contribution in [2.75, 3.05) is 11.6 Å². The smallest absolute Gasteiger partial charge is 0.268 e. The number of sulfonamides is 1. The summed E-state index contributed by atoms with van der Waals surface area (Å²) in [5, 5.41) is 0. The average Bonchev–Trinajstić information content (AvgIpc) is 3.22. The van der Waals surface area contributed by atoms with Gasteiger partial charge in [0, 0.05) is 6.42 Å². The highest BCUT2D eigenvalue weighted by Crippen LogP contribution is 2.54. The summed E-state index contributed by atoms with van der Waals surface area (Å²) in [7, 11) is -3.92. The van der Waals surface area contributed by atoms with Crippen LogP contribution in [0.5, 0.6) is 5.75 Å². The molecular formula is C20H20N2O4S. The first-order valence-corrected chi connectivity index (χ1v) is 10.6. The SMILES string of the molecule is Cc1ccc(S(=O)(=O)N2CN3c4ccccc4OC34CCCC4C2=O)cc1. The molecule has 1 amide bonds. The van der Waals surface area contributed by atoms with E-state index in [1.54, 1.807) is 24.3 Å². The van der Waals surface area contributed by atoms with Crippen molar-refractivity contribution >= 4 is 21.6 Å². The van der Waals surface area contributed by atoms with Crippen LogP contribution >= 0.6 is 0 Å². The molecular weight excluding hydrogens is 364 g/mol. The summed E-state index contributed by atoms with van der Waals surface area (Å²) in [6.45, 7) is 1.87. The molecule has 6 nitrogen and oxygen atoms in total. The fourth-order valence-corrected chi connectivity index (χ4v) is 5.90. The van der Waals surface area contributed by atoms with Crippen molar-refractivity contribution in [2.24, 2.45) is 5.92 Å². The number of nitrogens with zero attached hydrogens (tertiary/aromatic N) is 2. The van der Waals surface area contributed by atoms with Gasteiger partial charge in [0.05, 0.1) is 16.5 Å². The van der Waals surface area contributed by atoms with Crippen LogP contribution < -0.4 is 9.64 Å². The number of hydrogen-bond donors (Lipinski definition) is 0. The monoisotopic (exact) mass is 384 g/mol. The summed E-state index contributed by atoms with van der Waals surface area (Å²) in [5.74, 6) is -0.136. The normalized spacial score (nSPS) is 26.4. The fourth-order valence-electron chi connectivity index (χ4n) is 4.54. The summed E-state index contributed by atoms with van der Waals surface area (Å²) in [6, 6.07) is 14.2. The molecule has 0 N–H and O–H groups in total. The number of ether oxygens (including phenoxy) is 1. The molecule has 0 bridgehead atoms. The van der Waals surface area contributed by atoms with Gasteiger partial charge < -0.3 is 9.64 Å². The number of aryl methyl sites for hydroxylation is 1. The van der Waals surface area contributed by atoms with E-state index < -0.39 is 21.7 Å². The van der Waals surface area contributed by atoms with Gasteiger partial charge in [0.25, 0.3) is 10.0 Å². The van der Waals surface area contributed by atoms with Gasteiger partial charge in [-0.3, -0.25) is 4.79 Å². The van der Waals surface area contributed by atoms with Gasteiger partial charge in [0.15, 0.2) is 5.72 Å². The molecule has 0 aromatic heterocycles. The van der Waals surface area contributed by atoms with Crippen LogP contribution in [-0.4, -0.2) is 31.0 Å². The van der Waals surface area contributed by atoms with Crippen LogP contribution in [0.1, 0.15) is 24.8 Å². The van der Waals surface area contributed by atoms with Gasteiger partial charge in [0.2, 0.25) is 5.91 Å². The first kappa shape index (κ1) is 16.6. The predicted octanol–water partition coefficient (Wildman–Crippen LogP) is 2.88. The van der Waals surface area contributed by atoms with Crippen LogP contribution in [0.25, 0.3) is 0 Å². The molecule has 1 aliphatic carbocycles. The van der Waals surface area contributed by atoms with Crippen LogP contribution in [0, 0.1) is 12.8 Å². The quantitative estimate of drug-likeness (QED) is 0.797. The third-order valence-corrected chi connectivity index (χ3v) is 7.64. The van der Waals surface area contributed by atoms with Gasteiger partial charge in [-0.05, 0) is 44.0 Å². The number of benzene rings is 2. The molecule has 3 aliphatic rings. The second-order valence-electron chi connectivity index (χ2n) is 7.43. The lowest BCUT2D eigenvalue weighted by Gasteiger charge is -2.46. The molecule has 1 saturated carbocycles. The van der Waals surface area contributed by atoms with Gasteiger partial charge in [-0.15, -0.1) is 0 Å². The van der Waals surface area contributed by atoms with Crippen molar-refractivity contribution in [1.29, 1.82) is 0 Å². The molecule has 27 heavy (non-hydrogen) atoms. The zero-order valence-corrected chi connectivity index (χ0v) is 15.8. The van der Waals surface area contributed by atoms with E-state index in [-0.39, 0.29) is 17.5 Å². The Morgan fingerprint density at radius 2 is 1.85 bits per heavy atom. The maximum atomic E-state index is 13.2. The highest BCUT2D eigenvalue weighted by atomic mass is 32.2. The summed E-state index contributed by atoms with van der Waals surface area (Å²) in [5.41, 5.74) is 1.07. The Balaban J connectivity index is 1.60. The van der Waals surface area contributed by atoms with Crippen LogP contribution in [0.15, 0.2) is 53.4 Å². The minimum absolute atomic E-state index is 0.0252. The maximum absolute atomic E-state index is 13.2. The highest BCUT2D eigenvalue weighted by Gasteiger charge is 2.62. The average molecular weight is 384 g/mol. The molecule has 2 atom stereocenters. The number of para-hydroxylation sites is 2. The minimum atomic E-state index is -3.92. The van der Waals surface area contributed by atoms with Crippen molar-refractivity contribution in [3.05, 3.63) is 54.1 Å². The molecule has 2 aliphatic heterocycles. The maximum Gasteiger partial charge on any atom is 0.268 e. The van der Waals surface area contributed by atoms with Gasteiger partial charge in [-0.25, -0.2) is 12.7 Å². The summed E-state index contributed by atoms with van der Waals surface area (Å²) in [6.07, 6.45) is 2.18. The minimum Gasteiger partial charge on any atom is -0.465 e. The Labute approximate surface area is 158 Å². The molecule has 2 aromatic carbocycles. The van der Waals surface area contributed by atoms with Crippen molar-refractivity contribution in [2.45, 2.75) is 36.8 Å². The van der Waals surface area contributed by atoms with Gasteiger partial charge in [-0.1, -0.05) is 29.8 Å². The number of anilines is 1. The van der Waals surface area contributed by atoms with Gasteiger partial charge in [0.1, 0.15) is 12.4 Å². The van der Waals surface area contributed by atoms with Crippen molar-refractivity contribution in [3.8, 4) is 5.75 Å². The molecule has 140 valence electrons. The number of hydrogen-bond acceptors (Lipinski definition) is 5. The van der Waals surface area contributed by atoms with Gasteiger partial charge >= 0.3 is 0 Å². The van der Waals surface area contributed by atoms with Crippen LogP contribution in [0.2, 0.25) is 0 Å². The summed E-state index contributed by atoms with van der Waals surface area (Å²) < 4.78 is 33.8. The van der Waals surface area contributed by atoms with E-state index in [1.807, 2.05) is 36.1 Å². The lowest BCUT2D eigenvalue weighted by atomic mass is 9.95. The highest BCUT2D eigenvalue weighted by molar-refractivity contribution is 7.89. The Kier molecular flexibility index (Phi) is 3.37. The summed E-state index contributed by atoms with van der Waals surface area (Å²) in [4.78, 5) is 15.3. The third kappa shape index (κ3) is 2.18. The lowest BCUT2D eigenvalue weighted by Crippen LogP contribution is -2.66. The molecule has 2 fully saturated rings. The van der Waals surface area contributed by atoms with Crippen molar-refractivity contribution in [1.82, 2.24) is 4.31 Å². The number of rotatable bonds is 2. The van der Waals surface area contributed by atoms with E-state index in [2.05, 4.69) is 0 Å². The Hall–Kier alpha value is -2.54. The predicted molar refractivity (Wildman–Crippen MR) is 99.7 cm³/mol. The third-order valence-electron chi connectivity index (χ3n) is 5.89.